The maximum absolute atomic E-state index is 3.53. The molecule has 4 aromatic rings. The zero-order chi connectivity index (χ0) is 30.5. The van der Waals surface area contributed by atoms with E-state index in [0.29, 0.717) is 0 Å². The molecule has 2 aliphatic rings. The van der Waals surface area contributed by atoms with Gasteiger partial charge in [0.2, 0.25) is 0 Å². The van der Waals surface area contributed by atoms with Gasteiger partial charge in [0.25, 0.3) is 0 Å². The first kappa shape index (κ1) is 32.0. The molecule has 0 saturated carbocycles. The van der Waals surface area contributed by atoms with Crippen molar-refractivity contribution in [3.8, 4) is 11.1 Å². The average molecular weight is 628 g/mol. The van der Waals surface area contributed by atoms with Crippen molar-refractivity contribution in [3.63, 3.8) is 0 Å². The van der Waals surface area contributed by atoms with Gasteiger partial charge in [-0.3, -0.25) is 6.08 Å². The van der Waals surface area contributed by atoms with E-state index in [1.807, 2.05) is 12.2 Å². The number of hydrogen-bond donors (Lipinski definition) is 0. The molecule has 0 spiro atoms. The molecular formula is C41H44Zr. The molecule has 1 heteroatoms. The number of fused-ring (bicyclic) bond motifs is 3. The molecule has 0 saturated heterocycles. The molecule has 0 radical (unpaired) electrons. The summed E-state index contributed by atoms with van der Waals surface area (Å²) in [6.07, 6.45) is 11.0. The maximum Gasteiger partial charge on any atom is -0.109 e. The van der Waals surface area contributed by atoms with Crippen LogP contribution >= 0.6 is 0 Å². The fraction of sp³-hybridized carbons (Fsp3) is 0.293. The molecule has 4 aromatic carbocycles. The van der Waals surface area contributed by atoms with Crippen molar-refractivity contribution in [1.82, 2.24) is 0 Å². The second-order valence-corrected chi connectivity index (χ2v) is 14.7. The Balaban J connectivity index is 0.000000170. The molecule has 0 unspecified atom stereocenters. The minimum atomic E-state index is 0.177. The van der Waals surface area contributed by atoms with Gasteiger partial charge in [-0.2, -0.15) is 35.4 Å². The molecule has 0 N–H and O–H groups in total. The van der Waals surface area contributed by atoms with Crippen LogP contribution in [0.4, 0.5) is 0 Å². The van der Waals surface area contributed by atoms with Gasteiger partial charge in [0, 0.05) is 0 Å². The van der Waals surface area contributed by atoms with E-state index in [4.69, 9.17) is 0 Å². The normalized spacial score (nSPS) is 13.0. The average Bonchev–Trinajstić information content (AvgIpc) is 3.63. The summed E-state index contributed by atoms with van der Waals surface area (Å²) in [5.74, 6) is 0. The Morgan fingerprint density at radius 3 is 1.79 bits per heavy atom. The van der Waals surface area contributed by atoms with Gasteiger partial charge in [-0.25, -0.2) is 12.2 Å². The molecular weight excluding hydrogens is 584 g/mol. The molecule has 0 amide bonds. The van der Waals surface area contributed by atoms with Crippen molar-refractivity contribution in [3.05, 3.63) is 154 Å². The van der Waals surface area contributed by atoms with Crippen LogP contribution in [0.25, 0.3) is 11.1 Å². The second-order valence-electron chi connectivity index (χ2n) is 13.4. The molecule has 0 bridgehead atoms. The van der Waals surface area contributed by atoms with Crippen molar-refractivity contribution in [1.29, 1.82) is 0 Å². The third kappa shape index (κ3) is 8.35. The number of hydrogen-bond acceptors (Lipinski definition) is 0. The topological polar surface area (TPSA) is 0 Å². The SMILES string of the molecule is CC(C)(C)c1c[c-]c2c(c1)-c1cc(C(C)(C)C)ccc1C2.Cc1cccc([C](=[Zr+2])c2cccc(C)c2)c1.[C-]1=CC=CC1. The Morgan fingerprint density at radius 1 is 0.714 bits per heavy atom. The van der Waals surface area contributed by atoms with Crippen molar-refractivity contribution < 1.29 is 24.2 Å². The van der Waals surface area contributed by atoms with Crippen LogP contribution in [0.1, 0.15) is 92.5 Å². The van der Waals surface area contributed by atoms with Gasteiger partial charge in [0.05, 0.1) is 0 Å². The largest absolute Gasteiger partial charge is 0.273 e. The molecule has 0 heterocycles. The van der Waals surface area contributed by atoms with Gasteiger partial charge in [0.1, 0.15) is 0 Å². The summed E-state index contributed by atoms with van der Waals surface area (Å²) in [7, 11) is 0. The summed E-state index contributed by atoms with van der Waals surface area (Å²) in [6.45, 7) is 17.9. The van der Waals surface area contributed by atoms with E-state index in [-0.39, 0.29) is 10.8 Å². The summed E-state index contributed by atoms with van der Waals surface area (Å²) >= 11 is 1.47. The zero-order valence-electron chi connectivity index (χ0n) is 26.7. The van der Waals surface area contributed by atoms with Crippen LogP contribution in [0.2, 0.25) is 0 Å². The first-order chi connectivity index (χ1) is 19.8. The van der Waals surface area contributed by atoms with E-state index in [1.54, 1.807) is 0 Å². The van der Waals surface area contributed by atoms with Gasteiger partial charge >= 0.3 is 112 Å². The monoisotopic (exact) mass is 626 g/mol. The second kappa shape index (κ2) is 13.6. The molecule has 0 fully saturated rings. The van der Waals surface area contributed by atoms with Crippen LogP contribution in [0.3, 0.4) is 0 Å². The Morgan fingerprint density at radius 2 is 1.31 bits per heavy atom. The standard InChI is InChI=1S/C21H25.C15H14.C5H5.Zr/c1-20(2,3)16-9-7-14-11-15-8-10-17(21(4,5)6)13-19(15)18(14)12-16;1-12-5-3-7-14(9-12)11-15-8-4-6-13(2)10-15;1-2-4-5-3-1;/h7,9-10,12-13H,11H2,1-6H3;3-10H,1-2H3;1-3H,4H2;/q-1;;-1;+2. The van der Waals surface area contributed by atoms with Gasteiger partial charge in [-0.15, -0.1) is 12.0 Å². The van der Waals surface area contributed by atoms with Gasteiger partial charge in [-0.1, -0.05) is 76.3 Å². The first-order valence-corrected chi connectivity index (χ1v) is 16.2. The maximum atomic E-state index is 3.53. The smallest absolute Gasteiger partial charge is 0.109 e. The molecule has 0 nitrogen and oxygen atoms in total. The Kier molecular flexibility index (Phi) is 10.4. The summed E-state index contributed by atoms with van der Waals surface area (Å²) in [5, 5.41) is 0. The number of benzene rings is 4. The summed E-state index contributed by atoms with van der Waals surface area (Å²) in [5.41, 5.74) is 14.1. The molecule has 2 aliphatic carbocycles. The molecule has 0 aromatic heterocycles. The summed E-state index contributed by atoms with van der Waals surface area (Å²) < 4.78 is 1.43. The van der Waals surface area contributed by atoms with Crippen LogP contribution in [0.5, 0.6) is 0 Å². The minimum Gasteiger partial charge on any atom is -0.273 e. The predicted octanol–water partition coefficient (Wildman–Crippen LogP) is 10.4. The van der Waals surface area contributed by atoms with Crippen molar-refractivity contribution in [2.24, 2.45) is 0 Å². The molecule has 0 aliphatic heterocycles. The van der Waals surface area contributed by atoms with E-state index < -0.39 is 0 Å². The van der Waals surface area contributed by atoms with Crippen LogP contribution in [-0.4, -0.2) is 3.21 Å². The van der Waals surface area contributed by atoms with Crippen LogP contribution in [-0.2, 0) is 41.5 Å². The third-order valence-electron chi connectivity index (χ3n) is 7.73. The van der Waals surface area contributed by atoms with E-state index in [2.05, 4.69) is 152 Å². The zero-order valence-corrected chi connectivity index (χ0v) is 29.1. The van der Waals surface area contributed by atoms with E-state index in [9.17, 15) is 0 Å². The van der Waals surface area contributed by atoms with E-state index in [0.717, 1.165) is 12.8 Å². The fourth-order valence-corrected chi connectivity index (χ4v) is 5.86. The van der Waals surface area contributed by atoms with Gasteiger partial charge < -0.3 is 0 Å². The van der Waals surface area contributed by atoms with Crippen molar-refractivity contribution in [2.75, 3.05) is 0 Å². The van der Waals surface area contributed by atoms with Gasteiger partial charge in [0.15, 0.2) is 0 Å². The van der Waals surface area contributed by atoms with Crippen molar-refractivity contribution in [2.45, 2.75) is 79.1 Å². The first-order valence-electron chi connectivity index (χ1n) is 15.0. The number of rotatable bonds is 2. The van der Waals surface area contributed by atoms with Crippen molar-refractivity contribution >= 4 is 3.21 Å². The molecule has 42 heavy (non-hydrogen) atoms. The predicted molar refractivity (Wildman–Crippen MR) is 178 cm³/mol. The Hall–Kier alpha value is -2.89. The molecule has 6 rings (SSSR count). The number of allylic oxidation sites excluding steroid dienone is 4. The quantitative estimate of drug-likeness (QED) is 0.171. The van der Waals surface area contributed by atoms with Crippen LogP contribution in [0.15, 0.2) is 97.1 Å². The summed E-state index contributed by atoms with van der Waals surface area (Å²) in [6, 6.07) is 32.5. The van der Waals surface area contributed by atoms with Gasteiger partial charge in [-0.05, 0) is 17.4 Å². The third-order valence-corrected chi connectivity index (χ3v) is 9.14. The van der Waals surface area contributed by atoms with Crippen LogP contribution in [0, 0.1) is 26.0 Å². The van der Waals surface area contributed by atoms with E-state index in [1.165, 1.54) is 83.1 Å². The van der Waals surface area contributed by atoms with Crippen LogP contribution < -0.4 is 0 Å². The Bertz CT molecular complexity index is 1500. The Labute approximate surface area is 269 Å². The molecule has 212 valence electrons. The minimum absolute atomic E-state index is 0.177. The summed E-state index contributed by atoms with van der Waals surface area (Å²) in [4.78, 5) is 0. The van der Waals surface area contributed by atoms with E-state index >= 15 is 0 Å². The fourth-order valence-electron chi connectivity index (χ4n) is 5.09. The number of aryl methyl sites for hydroxylation is 2. The molecule has 0 atom stereocenters.